The molecular weight excluding hydrogens is 1580 g/mol. The van der Waals surface area contributed by atoms with Crippen molar-refractivity contribution in [1.29, 1.82) is 0 Å². The first-order chi connectivity index (χ1) is 56.9. The van der Waals surface area contributed by atoms with Crippen molar-refractivity contribution in [3.05, 3.63) is 177 Å². The number of amides is 3. The maximum Gasteiger partial charge on any atom is 0.407 e. The summed E-state index contributed by atoms with van der Waals surface area (Å²) >= 11 is 5.55. The van der Waals surface area contributed by atoms with Gasteiger partial charge in [-0.25, -0.2) is 38.5 Å². The fraction of sp³-hybridized carbons (Fsp3) is 0.395. The molecule has 2 aliphatic carbocycles. The summed E-state index contributed by atoms with van der Waals surface area (Å²) in [6.45, 7) is 13.8. The van der Waals surface area contributed by atoms with Gasteiger partial charge in [-0.2, -0.15) is 4.98 Å². The maximum absolute atomic E-state index is 13.0. The molecule has 0 spiro atoms. The van der Waals surface area contributed by atoms with Gasteiger partial charge in [0.1, 0.15) is 55.2 Å². The molecule has 5 aromatic carbocycles. The van der Waals surface area contributed by atoms with Crippen LogP contribution in [-0.4, -0.2) is 193 Å². The van der Waals surface area contributed by atoms with Crippen LogP contribution in [0.25, 0.3) is 55.7 Å². The number of aromatic amines is 1. The Hall–Kier alpha value is -12.2. The van der Waals surface area contributed by atoms with E-state index in [0.717, 1.165) is 104 Å². The van der Waals surface area contributed by atoms with Gasteiger partial charge in [0, 0.05) is 83.2 Å². The summed E-state index contributed by atoms with van der Waals surface area (Å²) in [5, 5.41) is 55.0. The summed E-state index contributed by atoms with van der Waals surface area (Å²) in [5.74, 6) is -5.33. The number of thiocarbonyl (C=S) groups is 1. The zero-order chi connectivity index (χ0) is 85.4. The molecule has 3 aliphatic rings. The number of fused-ring (bicyclic) bond motifs is 6. The quantitative estimate of drug-likeness (QED) is 0.00492. The molecule has 16 N–H and O–H groups in total. The number of alkyl carbamates (subject to hydrolysis) is 1. The summed E-state index contributed by atoms with van der Waals surface area (Å²) in [6, 6.07) is 35.9. The van der Waals surface area contributed by atoms with Crippen LogP contribution >= 0.6 is 12.2 Å². The van der Waals surface area contributed by atoms with E-state index < -0.39 is 65.5 Å². The highest BCUT2D eigenvalue weighted by molar-refractivity contribution is 7.80. The first kappa shape index (κ1) is 96.7. The molecule has 120 heavy (non-hydrogen) atoms. The van der Waals surface area contributed by atoms with E-state index in [4.69, 9.17) is 37.6 Å². The van der Waals surface area contributed by atoms with Crippen LogP contribution in [0.5, 0.6) is 0 Å². The lowest BCUT2D eigenvalue weighted by Crippen LogP contribution is -3.00. The molecule has 3 heterocycles. The number of carbonyl (C=O) groups is 8. The number of nitrogen functional groups attached to an aromatic ring is 1. The number of unbranched alkanes of at least 4 members (excludes halogenated alkanes) is 3. The maximum atomic E-state index is 13.0. The number of H-pyrrole nitrogens is 1. The molecule has 0 bridgehead atoms. The Kier molecular flexibility index (Phi) is 39.2. The highest BCUT2D eigenvalue weighted by Gasteiger charge is 2.32. The van der Waals surface area contributed by atoms with Crippen molar-refractivity contribution in [2.45, 2.75) is 142 Å². The minimum Gasteiger partial charge on any atom is -1.00 e. The van der Waals surface area contributed by atoms with E-state index in [9.17, 15) is 58.5 Å². The number of halogens is 1. The lowest BCUT2D eigenvalue weighted by molar-refractivity contribution is -0.144. The van der Waals surface area contributed by atoms with Crippen LogP contribution in [0.2, 0.25) is 0 Å². The molecule has 3 amide bonds. The minimum absolute atomic E-state index is 0. The number of aromatic carboxylic acids is 1. The molecule has 0 saturated heterocycles. The van der Waals surface area contributed by atoms with Crippen molar-refractivity contribution in [1.82, 2.24) is 56.4 Å². The van der Waals surface area contributed by atoms with Gasteiger partial charge in [0.15, 0.2) is 16.3 Å². The van der Waals surface area contributed by atoms with E-state index >= 15 is 0 Å². The number of esters is 2. The molecule has 0 radical (unpaired) electrons. The predicted octanol–water partition coefficient (Wildman–Crippen LogP) is 6.44. The predicted molar refractivity (Wildman–Crippen MR) is 463 cm³/mol. The molecule has 0 fully saturated rings. The summed E-state index contributed by atoms with van der Waals surface area (Å²) in [7, 11) is 6.36. The Labute approximate surface area is 708 Å². The molecular formula is C86H111ClN16O16S. The number of aromatic nitrogens is 4. The molecule has 644 valence electrons. The van der Waals surface area contributed by atoms with Crippen molar-refractivity contribution in [2.75, 3.05) is 102 Å². The monoisotopic (exact) mass is 1690 g/mol. The third-order valence-electron chi connectivity index (χ3n) is 20.0. The fourth-order valence-electron chi connectivity index (χ4n) is 13.7. The second-order valence-corrected chi connectivity index (χ2v) is 28.1. The van der Waals surface area contributed by atoms with Gasteiger partial charge in [0.25, 0.3) is 11.5 Å². The number of benzene rings is 6. The number of hydrogen-bond donors (Lipinski definition) is 14. The molecule has 4 atom stereocenters. The molecule has 7 aromatic rings. The average molecular weight is 1690 g/mol. The largest absolute Gasteiger partial charge is 1.00 e. The second kappa shape index (κ2) is 48.6. The van der Waals surface area contributed by atoms with Crippen LogP contribution in [0.4, 0.5) is 27.8 Å². The summed E-state index contributed by atoms with van der Waals surface area (Å²) in [5.41, 5.74) is 20.4. The summed E-state index contributed by atoms with van der Waals surface area (Å²) < 4.78 is 23.7. The first-order valence-corrected chi connectivity index (χ1v) is 39.8. The van der Waals surface area contributed by atoms with E-state index in [-0.39, 0.29) is 104 Å². The Bertz CT molecular complexity index is 5030. The van der Waals surface area contributed by atoms with Gasteiger partial charge < -0.3 is 105 Å². The van der Waals surface area contributed by atoms with Gasteiger partial charge in [-0.05, 0) is 207 Å². The van der Waals surface area contributed by atoms with Crippen LogP contribution in [0, 0.1) is 0 Å². The Morgan fingerprint density at radius 1 is 0.675 bits per heavy atom. The van der Waals surface area contributed by atoms with Gasteiger partial charge in [-0.1, -0.05) is 68.4 Å². The van der Waals surface area contributed by atoms with Crippen molar-refractivity contribution in [3.8, 4) is 33.6 Å². The van der Waals surface area contributed by atoms with Crippen molar-refractivity contribution < 1.29 is 84.7 Å². The topological polar surface area (TPSA) is 464 Å². The smallest absolute Gasteiger partial charge is 0.407 e. The van der Waals surface area contributed by atoms with E-state index in [1.807, 2.05) is 67.7 Å². The zero-order valence-corrected chi connectivity index (χ0v) is 69.6. The van der Waals surface area contributed by atoms with E-state index in [1.165, 1.54) is 49.7 Å². The van der Waals surface area contributed by atoms with Crippen LogP contribution in [-0.2, 0) is 44.7 Å². The number of rotatable bonds is 39. The van der Waals surface area contributed by atoms with Gasteiger partial charge in [0.2, 0.25) is 17.2 Å². The van der Waals surface area contributed by atoms with Crippen LogP contribution in [0.3, 0.4) is 0 Å². The van der Waals surface area contributed by atoms with Crippen LogP contribution in [0.1, 0.15) is 149 Å². The van der Waals surface area contributed by atoms with Crippen LogP contribution in [0.15, 0.2) is 143 Å². The second-order valence-electron chi connectivity index (χ2n) is 27.7. The van der Waals surface area contributed by atoms with E-state index in [0.29, 0.717) is 66.3 Å². The number of hydrogen-bond acceptors (Lipinski definition) is 23. The standard InChI is InChI=1S/C54H60N12O10S.C23H28N2O4.C8H18N2O2.CH4.ClH/c1-5-65(6-2)34-17-20-37-42(26-34)76-43-27-35(66(7-3)8-4)18-21-38(43)45(37)36-19-16-32(25-39(36)50(70)71)60-54(77)56-24-10-9-11-40(51(72)73)61-44(67)23-22-41(52(74)75)62-48(68)30-12-14-31(15-13-30)57-28-33-29-58-47-46(59-33)49(69)64-53(55)63-47;1-24-14-8-7-13-21(22(26)28-2)25-23(27)29-15-20-18-11-5-3-9-16(18)17-10-4-6-12-19(17)20;1-10-7(8(11)12-2)5-3-4-6-9;;/h12-21,25-27,29,40-41H,5-11,22-24,28H2,1-4H3,(H10,55,56,57,58,61,62,63,64,67,68,69,70,71,72,73,74,75,77);3-6,9-12,20-21,24H,7-8,13-15H2,1-2H3,(H,25,27);7,10H,3-6,9H2,1-2H3;1H4;1H. The molecule has 32 nitrogen and oxygen atoms in total. The lowest BCUT2D eigenvalue weighted by Gasteiger charge is -2.22. The highest BCUT2D eigenvalue weighted by atomic mass is 35.5. The van der Waals surface area contributed by atoms with Crippen LogP contribution < -0.4 is 86.8 Å². The fourth-order valence-corrected chi connectivity index (χ4v) is 13.9. The van der Waals surface area contributed by atoms with Crippen molar-refractivity contribution in [3.63, 3.8) is 0 Å². The van der Waals surface area contributed by atoms with Gasteiger partial charge in [-0.3, -0.25) is 24.2 Å². The number of carboxylic acids is 3. The minimum atomic E-state index is -1.45. The number of nitrogens with two attached hydrogens (primary N) is 2. The number of methoxy groups -OCH3 is 2. The van der Waals surface area contributed by atoms with Crippen molar-refractivity contribution in [2.24, 2.45) is 5.73 Å². The molecule has 10 rings (SSSR count). The Balaban J connectivity index is 0.000000424. The number of anilines is 4. The Morgan fingerprint density at radius 2 is 1.28 bits per heavy atom. The third kappa shape index (κ3) is 26.9. The molecule has 0 saturated carbocycles. The van der Waals surface area contributed by atoms with Gasteiger partial charge in [-0.15, -0.1) is 0 Å². The summed E-state index contributed by atoms with van der Waals surface area (Å²) in [6.07, 6.45) is 5.93. The third-order valence-corrected chi connectivity index (χ3v) is 20.3. The normalized spacial score (nSPS) is 12.1. The number of aliphatic carboxylic acids is 2. The number of nitrogens with zero attached hydrogens (tertiary/aromatic N) is 5. The lowest BCUT2D eigenvalue weighted by atomic mass is 9.90. The van der Waals surface area contributed by atoms with Gasteiger partial charge in [0.05, 0.1) is 44.3 Å². The Morgan fingerprint density at radius 3 is 1.90 bits per heavy atom. The number of nitrogens with one attached hydrogen (secondary N) is 9. The number of ether oxygens (including phenoxy) is 3. The first-order valence-electron chi connectivity index (χ1n) is 39.4. The highest BCUT2D eigenvalue weighted by Crippen LogP contribution is 2.45. The van der Waals surface area contributed by atoms with E-state index in [1.54, 1.807) is 31.3 Å². The SMILES string of the molecule is C.CCN(CC)c1ccc2c(-c3ccc(NC(=S)NCCCCC(NC(=O)CCC(NC(=O)c4ccc(NCc5cnc6nc(N)[nH]c(=O)c6n5)cc4)C(=O)O)C(=O)O)cc3C(=O)O)c3ccc(=[N+](CC)CC)cc-3oc2c1.CNC(CCCCN)C(=O)OC.CNCCCCC(NC(=O)OCC1c2ccccc2-c2ccccc21)C(=O)OC.[Cl-]. The number of carbonyl (C=O) groups excluding carboxylic acids is 5. The number of carboxylic acid groups (broad SMARTS) is 3. The van der Waals surface area contributed by atoms with Crippen molar-refractivity contribution >= 4 is 110 Å². The van der Waals surface area contributed by atoms with Gasteiger partial charge >= 0.3 is 35.9 Å². The molecule has 34 heteroatoms. The molecule has 1 aliphatic heterocycles. The number of likely N-dealkylation sites (N-methyl/N-ethyl adjacent to an activating group) is 1. The van der Waals surface area contributed by atoms with E-state index in [2.05, 4.69) is 129 Å². The summed E-state index contributed by atoms with van der Waals surface area (Å²) in [4.78, 5) is 128. The average Bonchev–Trinajstić information content (AvgIpc) is 1.000. The zero-order valence-electron chi connectivity index (χ0n) is 68.1. The molecule has 4 unspecified atom stereocenters. The molecule has 2 aromatic heterocycles.